The maximum atomic E-state index is 5.84. The van der Waals surface area contributed by atoms with E-state index >= 15 is 0 Å². The van der Waals surface area contributed by atoms with E-state index in [-0.39, 0.29) is 0 Å². The quantitative estimate of drug-likeness (QED) is 0.763. The molecule has 0 saturated heterocycles. The molecule has 1 N–H and O–H groups in total. The molecule has 118 valence electrons. The Labute approximate surface area is 130 Å². The normalized spacial score (nSPS) is 18.9. The first kappa shape index (κ1) is 16.4. The van der Waals surface area contributed by atoms with Crippen molar-refractivity contribution in [1.29, 1.82) is 0 Å². The van der Waals surface area contributed by atoms with Crippen LogP contribution in [0.15, 0.2) is 24.3 Å². The first-order chi connectivity index (χ1) is 10.1. The van der Waals surface area contributed by atoms with Crippen LogP contribution in [0.25, 0.3) is 0 Å². The number of ether oxygens (including phenoxy) is 1. The summed E-state index contributed by atoms with van der Waals surface area (Å²) in [6.45, 7) is 12.3. The van der Waals surface area contributed by atoms with Crippen molar-refractivity contribution in [2.45, 2.75) is 46.5 Å². The molecule has 1 aromatic carbocycles. The molecule has 2 heteroatoms. The van der Waals surface area contributed by atoms with Gasteiger partial charge in [0.1, 0.15) is 5.75 Å². The highest BCUT2D eigenvalue weighted by atomic mass is 16.5. The van der Waals surface area contributed by atoms with Crippen LogP contribution in [0.5, 0.6) is 5.75 Å². The zero-order valence-corrected chi connectivity index (χ0v) is 14.1. The van der Waals surface area contributed by atoms with Gasteiger partial charge in [0.05, 0.1) is 6.61 Å². The van der Waals surface area contributed by atoms with Crippen molar-refractivity contribution in [2.75, 3.05) is 19.7 Å². The lowest BCUT2D eigenvalue weighted by Gasteiger charge is -2.23. The zero-order valence-electron chi connectivity index (χ0n) is 14.1. The van der Waals surface area contributed by atoms with Gasteiger partial charge in [0.2, 0.25) is 0 Å². The number of nitrogens with one attached hydrogen (secondary N) is 1. The van der Waals surface area contributed by atoms with E-state index < -0.39 is 0 Å². The minimum atomic E-state index is 0.575. The molecule has 2 unspecified atom stereocenters. The van der Waals surface area contributed by atoms with Gasteiger partial charge in [0.25, 0.3) is 0 Å². The predicted octanol–water partition coefficient (Wildman–Crippen LogP) is 4.46. The molecule has 0 aliphatic carbocycles. The molecular formula is C19H31NO. The minimum Gasteiger partial charge on any atom is -0.493 e. The summed E-state index contributed by atoms with van der Waals surface area (Å²) in [4.78, 5) is 0. The van der Waals surface area contributed by atoms with Gasteiger partial charge < -0.3 is 10.1 Å². The van der Waals surface area contributed by atoms with E-state index in [2.05, 4.69) is 57.3 Å². The molecule has 1 heterocycles. The van der Waals surface area contributed by atoms with Gasteiger partial charge >= 0.3 is 0 Å². The Bertz CT molecular complexity index is 427. The van der Waals surface area contributed by atoms with Crippen molar-refractivity contribution in [2.24, 2.45) is 17.8 Å². The molecule has 1 aliphatic heterocycles. The Morgan fingerprint density at radius 1 is 1.10 bits per heavy atom. The minimum absolute atomic E-state index is 0.575. The lowest BCUT2D eigenvalue weighted by molar-refractivity contribution is 0.284. The van der Waals surface area contributed by atoms with Crippen LogP contribution in [-0.2, 0) is 0 Å². The van der Waals surface area contributed by atoms with E-state index in [0.29, 0.717) is 5.92 Å². The molecule has 0 amide bonds. The van der Waals surface area contributed by atoms with E-state index in [0.717, 1.165) is 43.2 Å². The largest absolute Gasteiger partial charge is 0.493 e. The predicted molar refractivity (Wildman–Crippen MR) is 89.9 cm³/mol. The third-order valence-electron chi connectivity index (χ3n) is 4.21. The molecule has 0 fully saturated rings. The number of hydrogen-bond donors (Lipinski definition) is 1. The van der Waals surface area contributed by atoms with Gasteiger partial charge in [0.15, 0.2) is 0 Å². The molecule has 0 aromatic heterocycles. The highest BCUT2D eigenvalue weighted by Gasteiger charge is 2.26. The van der Waals surface area contributed by atoms with Gasteiger partial charge in [-0.15, -0.1) is 0 Å². The zero-order chi connectivity index (χ0) is 15.2. The number of para-hydroxylation sites is 1. The highest BCUT2D eigenvalue weighted by Crippen LogP contribution is 2.38. The fourth-order valence-electron chi connectivity index (χ4n) is 3.33. The van der Waals surface area contributed by atoms with Crippen molar-refractivity contribution < 1.29 is 4.74 Å². The molecule has 0 bridgehead atoms. The van der Waals surface area contributed by atoms with Gasteiger partial charge in [-0.25, -0.2) is 0 Å². The van der Waals surface area contributed by atoms with Crippen molar-refractivity contribution in [3.05, 3.63) is 29.8 Å². The second kappa shape index (κ2) is 7.84. The summed E-state index contributed by atoms with van der Waals surface area (Å²) in [6, 6.07) is 8.54. The Balaban J connectivity index is 1.92. The Kier molecular flexibility index (Phi) is 6.10. The summed E-state index contributed by atoms with van der Waals surface area (Å²) in [5.74, 6) is 3.89. The van der Waals surface area contributed by atoms with E-state index in [1.54, 1.807) is 0 Å². The summed E-state index contributed by atoms with van der Waals surface area (Å²) in [7, 11) is 0. The Hall–Kier alpha value is -1.02. The first-order valence-electron chi connectivity index (χ1n) is 8.48. The van der Waals surface area contributed by atoms with Crippen LogP contribution in [-0.4, -0.2) is 19.7 Å². The molecule has 1 aliphatic rings. The number of benzene rings is 1. The maximum Gasteiger partial charge on any atom is 0.122 e. The maximum absolute atomic E-state index is 5.84. The molecular weight excluding hydrogens is 258 g/mol. The summed E-state index contributed by atoms with van der Waals surface area (Å²) < 4.78 is 5.84. The molecule has 2 rings (SSSR count). The molecule has 2 nitrogen and oxygen atoms in total. The van der Waals surface area contributed by atoms with Crippen LogP contribution in [0.4, 0.5) is 0 Å². The summed E-state index contributed by atoms with van der Waals surface area (Å²) in [6.07, 6.45) is 2.53. The van der Waals surface area contributed by atoms with Gasteiger partial charge in [0, 0.05) is 11.5 Å². The summed E-state index contributed by atoms with van der Waals surface area (Å²) in [5.41, 5.74) is 1.41. The fraction of sp³-hybridized carbons (Fsp3) is 0.684. The Morgan fingerprint density at radius 2 is 1.86 bits per heavy atom. The second-order valence-electron chi connectivity index (χ2n) is 7.33. The topological polar surface area (TPSA) is 21.3 Å². The Morgan fingerprint density at radius 3 is 2.57 bits per heavy atom. The lowest BCUT2D eigenvalue weighted by atomic mass is 9.85. The van der Waals surface area contributed by atoms with Crippen LogP contribution >= 0.6 is 0 Å². The van der Waals surface area contributed by atoms with E-state index in [9.17, 15) is 0 Å². The van der Waals surface area contributed by atoms with E-state index in [1.165, 1.54) is 18.4 Å². The van der Waals surface area contributed by atoms with E-state index in [4.69, 9.17) is 4.74 Å². The lowest BCUT2D eigenvalue weighted by Crippen LogP contribution is -2.28. The molecule has 21 heavy (non-hydrogen) atoms. The van der Waals surface area contributed by atoms with Crippen molar-refractivity contribution in [3.8, 4) is 5.75 Å². The molecule has 0 saturated carbocycles. The fourth-order valence-corrected chi connectivity index (χ4v) is 3.33. The van der Waals surface area contributed by atoms with Crippen molar-refractivity contribution in [3.63, 3.8) is 0 Å². The molecule has 2 atom stereocenters. The highest BCUT2D eigenvalue weighted by molar-refractivity contribution is 5.39. The van der Waals surface area contributed by atoms with Gasteiger partial charge in [-0.05, 0) is 49.8 Å². The van der Waals surface area contributed by atoms with Crippen LogP contribution in [0.2, 0.25) is 0 Å². The van der Waals surface area contributed by atoms with Crippen LogP contribution < -0.4 is 10.1 Å². The molecule has 1 aromatic rings. The molecule has 0 spiro atoms. The number of hydrogen-bond acceptors (Lipinski definition) is 2. The van der Waals surface area contributed by atoms with Gasteiger partial charge in [-0.3, -0.25) is 0 Å². The van der Waals surface area contributed by atoms with Gasteiger partial charge in [-0.1, -0.05) is 45.9 Å². The number of fused-ring (bicyclic) bond motifs is 1. The van der Waals surface area contributed by atoms with E-state index in [1.807, 2.05) is 0 Å². The SMILES string of the molecule is CC(C)CNCC(CC(C)C)CC1COc2ccccc21. The standard InChI is InChI=1S/C19H31NO/c1-14(2)9-16(12-20-11-15(3)4)10-17-13-21-19-8-6-5-7-18(17)19/h5-8,14-17,20H,9-13H2,1-4H3. The van der Waals surface area contributed by atoms with Crippen molar-refractivity contribution >= 4 is 0 Å². The van der Waals surface area contributed by atoms with Crippen LogP contribution in [0.1, 0.15) is 52.0 Å². The smallest absolute Gasteiger partial charge is 0.122 e. The van der Waals surface area contributed by atoms with Crippen LogP contribution in [0.3, 0.4) is 0 Å². The molecule has 0 radical (unpaired) electrons. The van der Waals surface area contributed by atoms with Crippen LogP contribution in [0, 0.1) is 17.8 Å². The average molecular weight is 289 g/mol. The van der Waals surface area contributed by atoms with Crippen molar-refractivity contribution in [1.82, 2.24) is 5.32 Å². The van der Waals surface area contributed by atoms with Gasteiger partial charge in [-0.2, -0.15) is 0 Å². The summed E-state index contributed by atoms with van der Waals surface area (Å²) in [5, 5.41) is 3.65. The second-order valence-corrected chi connectivity index (χ2v) is 7.33. The monoisotopic (exact) mass is 289 g/mol. The average Bonchev–Trinajstić information content (AvgIpc) is 2.81. The summed E-state index contributed by atoms with van der Waals surface area (Å²) >= 11 is 0. The number of rotatable bonds is 8. The first-order valence-corrected chi connectivity index (χ1v) is 8.48. The third-order valence-corrected chi connectivity index (χ3v) is 4.21. The third kappa shape index (κ3) is 5.03.